The molecular weight excluding hydrogens is 991 g/mol. The molecule has 3 unspecified atom stereocenters. The number of carbonyl (C=O) groups is 3. The number of carbonyl (C=O) groups excluding carboxylic acids is 3. The fourth-order valence-corrected chi connectivity index (χ4v) is 10.1. The molecule has 0 bridgehead atoms. The molecule has 25 heteroatoms. The minimum absolute atomic E-state index is 0.00784. The zero-order valence-electron chi connectivity index (χ0n) is 40.0. The Morgan fingerprint density at radius 2 is 1.39 bits per heavy atom. The van der Waals surface area contributed by atoms with E-state index in [1.54, 1.807) is 23.2 Å². The average Bonchev–Trinajstić information content (AvgIpc) is 4.07. The lowest BCUT2D eigenvalue weighted by Gasteiger charge is -2.56. The van der Waals surface area contributed by atoms with Crippen LogP contribution in [-0.2, 0) is 44.7 Å². The Bertz CT molecular complexity index is 2440. The summed E-state index contributed by atoms with van der Waals surface area (Å²) < 4.78 is 43.8. The van der Waals surface area contributed by atoms with Crippen LogP contribution in [0.1, 0.15) is 41.5 Å². The first kappa shape index (κ1) is 53.4. The van der Waals surface area contributed by atoms with Crippen LogP contribution in [0.2, 0.25) is 10.0 Å². The number of pyridine rings is 1. The van der Waals surface area contributed by atoms with E-state index < -0.39 is 27.8 Å². The second-order valence-electron chi connectivity index (χ2n) is 17.4. The number of amides is 2. The number of nitrogens with zero attached hydrogens (tertiary/aromatic N) is 6. The molecule has 72 heavy (non-hydrogen) atoms. The van der Waals surface area contributed by atoms with Gasteiger partial charge in [0.15, 0.2) is 5.75 Å². The number of aryl methyl sites for hydroxylation is 1. The van der Waals surface area contributed by atoms with E-state index in [1.807, 2.05) is 56.1 Å². The minimum atomic E-state index is -0.944. The fraction of sp³-hybridized carbons (Fsp3) is 0.532. The van der Waals surface area contributed by atoms with Crippen LogP contribution in [0.15, 0.2) is 54.2 Å². The van der Waals surface area contributed by atoms with Gasteiger partial charge in [-0.3, -0.25) is 9.69 Å². The van der Waals surface area contributed by atoms with Gasteiger partial charge in [0.1, 0.15) is 58.6 Å². The summed E-state index contributed by atoms with van der Waals surface area (Å²) in [5.74, 6) is 1.18. The Labute approximate surface area is 424 Å². The van der Waals surface area contributed by atoms with Crippen LogP contribution < -0.4 is 14.2 Å². The molecule has 7 rings (SSSR count). The minimum Gasteiger partial charge on any atom is -0.490 e. The van der Waals surface area contributed by atoms with Gasteiger partial charge in [-0.2, -0.15) is 0 Å². The topological polar surface area (TPSA) is 252 Å². The van der Waals surface area contributed by atoms with E-state index in [0.29, 0.717) is 58.1 Å². The summed E-state index contributed by atoms with van der Waals surface area (Å²) in [5, 5.41) is 19.6. The van der Waals surface area contributed by atoms with Crippen molar-refractivity contribution in [1.29, 1.82) is 0 Å². The molecule has 2 aliphatic carbocycles. The predicted molar refractivity (Wildman–Crippen MR) is 254 cm³/mol. The number of allylic oxidation sites excluding steroid dienone is 1. The van der Waals surface area contributed by atoms with Gasteiger partial charge in [0.05, 0.1) is 36.5 Å². The molecule has 2 aliphatic heterocycles. The van der Waals surface area contributed by atoms with Gasteiger partial charge < -0.3 is 57.4 Å². The van der Waals surface area contributed by atoms with Crippen molar-refractivity contribution < 1.29 is 72.1 Å². The van der Waals surface area contributed by atoms with Crippen molar-refractivity contribution in [3.8, 4) is 17.4 Å². The monoisotopic (exact) mass is 1050 g/mol. The number of rotatable bonds is 28. The molecule has 1 aromatic heterocycles. The van der Waals surface area contributed by atoms with Crippen molar-refractivity contribution in [2.45, 2.75) is 57.8 Å². The highest BCUT2D eigenvalue weighted by atomic mass is 35.5. The first-order valence-electron chi connectivity index (χ1n) is 23.2. The molecule has 1 saturated carbocycles. The zero-order chi connectivity index (χ0) is 51.4. The van der Waals surface area contributed by atoms with Crippen LogP contribution in [0.4, 0.5) is 9.59 Å². The molecule has 2 aromatic carbocycles. The van der Waals surface area contributed by atoms with Crippen LogP contribution in [-0.4, -0.2) is 166 Å². The maximum absolute atomic E-state index is 15.4. The Morgan fingerprint density at radius 3 is 2.03 bits per heavy atom. The summed E-state index contributed by atoms with van der Waals surface area (Å²) in [6.45, 7) is 4.25. The van der Waals surface area contributed by atoms with Gasteiger partial charge >= 0.3 is 12.2 Å². The van der Waals surface area contributed by atoms with E-state index in [4.69, 9.17) is 61.1 Å². The van der Waals surface area contributed by atoms with Gasteiger partial charge in [-0.25, -0.2) is 14.6 Å². The molecule has 3 fully saturated rings. The Morgan fingerprint density at radius 1 is 0.792 bits per heavy atom. The molecule has 23 nitrogen and oxygen atoms in total. The summed E-state index contributed by atoms with van der Waals surface area (Å²) in [5.41, 5.74) is 4.36. The maximum Gasteiger partial charge on any atom is 0.508 e. The molecule has 1 spiro atoms. The molecule has 0 radical (unpaired) electrons. The summed E-state index contributed by atoms with van der Waals surface area (Å²) in [6, 6.07) is 12.6. The third-order valence-electron chi connectivity index (χ3n) is 12.7. The van der Waals surface area contributed by atoms with Crippen molar-refractivity contribution in [2.75, 3.05) is 99.4 Å². The van der Waals surface area contributed by atoms with Gasteiger partial charge in [0.2, 0.25) is 5.88 Å². The molecule has 3 heterocycles. The highest BCUT2D eigenvalue weighted by Crippen LogP contribution is 2.62. The summed E-state index contributed by atoms with van der Waals surface area (Å²) in [4.78, 5) is 80.0. The van der Waals surface area contributed by atoms with Crippen LogP contribution in [0.25, 0.3) is 5.57 Å². The first-order chi connectivity index (χ1) is 34.7. The Hall–Kier alpha value is -6.40. The molecular formula is C47H56Cl2N6O17. The highest BCUT2D eigenvalue weighted by Gasteiger charge is 2.69. The van der Waals surface area contributed by atoms with Crippen molar-refractivity contribution >= 4 is 46.9 Å². The second kappa shape index (κ2) is 24.8. The fourth-order valence-electron chi connectivity index (χ4n) is 9.37. The zero-order valence-corrected chi connectivity index (χ0v) is 41.5. The number of likely N-dealkylation sites (N-methyl/N-ethyl adjacent to an activating group) is 1. The van der Waals surface area contributed by atoms with Crippen LogP contribution in [0.3, 0.4) is 0 Å². The molecule has 2 saturated heterocycles. The number of hydrogen-bond acceptors (Lipinski definition) is 19. The third-order valence-corrected chi connectivity index (χ3v) is 13.2. The lowest BCUT2D eigenvalue weighted by atomic mass is 9.66. The molecule has 4 aliphatic rings. The van der Waals surface area contributed by atoms with Gasteiger partial charge in [0, 0.05) is 60.5 Å². The van der Waals surface area contributed by atoms with E-state index in [2.05, 4.69) is 19.6 Å². The van der Waals surface area contributed by atoms with E-state index in [1.165, 1.54) is 0 Å². The quantitative estimate of drug-likeness (QED) is 0.0354. The van der Waals surface area contributed by atoms with E-state index in [0.717, 1.165) is 35.1 Å². The summed E-state index contributed by atoms with van der Waals surface area (Å²) >= 11 is 12.7. The number of likely N-dealkylation sites (tertiary alicyclic amines) is 2. The maximum atomic E-state index is 15.4. The number of hydrogen-bond donors (Lipinski definition) is 0. The third kappa shape index (κ3) is 13.4. The average molecular weight is 1050 g/mol. The van der Waals surface area contributed by atoms with Gasteiger partial charge in [-0.05, 0) is 92.8 Å². The molecule has 3 aromatic rings. The predicted octanol–water partition coefficient (Wildman–Crippen LogP) is 5.91. The van der Waals surface area contributed by atoms with E-state index >= 15 is 4.79 Å². The second-order valence-corrected chi connectivity index (χ2v) is 18.2. The van der Waals surface area contributed by atoms with Gasteiger partial charge in [0.25, 0.3) is 16.1 Å². The summed E-state index contributed by atoms with van der Waals surface area (Å²) in [6.07, 6.45) is 2.32. The molecule has 0 N–H and O–H groups in total. The van der Waals surface area contributed by atoms with E-state index in [-0.39, 0.29) is 110 Å². The normalized spacial score (nSPS) is 18.9. The molecule has 3 atom stereocenters. The van der Waals surface area contributed by atoms with Crippen molar-refractivity contribution in [3.05, 3.63) is 107 Å². The van der Waals surface area contributed by atoms with Crippen molar-refractivity contribution in [1.82, 2.24) is 19.7 Å². The smallest absolute Gasteiger partial charge is 0.490 e. The number of benzene rings is 2. The van der Waals surface area contributed by atoms with Crippen molar-refractivity contribution in [2.24, 2.45) is 5.41 Å². The molecule has 390 valence electrons. The first-order valence-corrected chi connectivity index (χ1v) is 24.0. The largest absolute Gasteiger partial charge is 0.508 e. The Kier molecular flexibility index (Phi) is 18.4. The van der Waals surface area contributed by atoms with Crippen molar-refractivity contribution in [3.63, 3.8) is 0 Å². The van der Waals surface area contributed by atoms with Crippen LogP contribution >= 0.6 is 23.2 Å². The van der Waals surface area contributed by atoms with Gasteiger partial charge in [-0.15, -0.1) is 20.2 Å². The number of ether oxygens (including phenoxy) is 8. The van der Waals surface area contributed by atoms with Crippen LogP contribution in [0.5, 0.6) is 17.4 Å². The lowest BCUT2D eigenvalue weighted by molar-refractivity contribution is -0.758. The van der Waals surface area contributed by atoms with Gasteiger partial charge in [-0.1, -0.05) is 35.3 Å². The summed E-state index contributed by atoms with van der Waals surface area (Å²) in [7, 11) is 1.98. The molecule has 2 amide bonds. The lowest BCUT2D eigenvalue weighted by Crippen LogP contribution is -2.69. The number of aromatic nitrogens is 1. The number of halogens is 2. The Balaban J connectivity index is 1.02. The van der Waals surface area contributed by atoms with Crippen LogP contribution in [0, 0.1) is 39.5 Å². The highest BCUT2D eigenvalue weighted by molar-refractivity contribution is 6.37. The SMILES string of the molecule is Cc1cc(Cl)c(OCCOc2ccc(C3=C(C(=O)N(Cc4ccnc(OCCOC(=O)OCCOCCO[N+](=O)[O-])c4C)C4CC4)C4N(C)C5CN(C(=O)OCCOCCO[N+](=O)[O-])CC54C3)cc2)c(Cl)c1. The standard InChI is InChI=1S/C47H56Cl2N6O17/c1-30-24-37(48)41(38(49)25-30)66-19-18-65-35-8-4-32(5-9-35)36-26-47-29-52(45(57)68-16-12-63-14-22-71-54(59)60)28-39(47)51(3)42(47)40(36)44(56)53(34-6-7-34)27-33-10-11-50-43(31(33)2)67-20-21-70-46(58)69-17-13-64-15-23-72-55(61)62/h4-5,8-11,24-25,34,39,42H,6-7,12-23,26-29H2,1-3H3. The van der Waals surface area contributed by atoms with E-state index in [9.17, 15) is 29.8 Å².